The summed E-state index contributed by atoms with van der Waals surface area (Å²) in [5.74, 6) is 0.941. The molecule has 0 saturated carbocycles. The molecular formula is C13H21N3OS2. The highest BCUT2D eigenvalue weighted by atomic mass is 32.2. The number of hydrogen-bond donors (Lipinski definition) is 1. The molecule has 0 atom stereocenters. The SMILES string of the molecule is CCCNc1cc(SC2CCOCC2)nc(SC)n1. The summed E-state index contributed by atoms with van der Waals surface area (Å²) < 4.78 is 5.40. The Morgan fingerprint density at radius 2 is 2.16 bits per heavy atom. The minimum absolute atomic E-state index is 0.623. The van der Waals surface area contributed by atoms with Gasteiger partial charge in [0.2, 0.25) is 0 Å². The van der Waals surface area contributed by atoms with E-state index >= 15 is 0 Å². The number of ether oxygens (including phenoxy) is 1. The maximum absolute atomic E-state index is 5.40. The van der Waals surface area contributed by atoms with Crippen LogP contribution in [0, 0.1) is 0 Å². The number of hydrogen-bond acceptors (Lipinski definition) is 6. The molecule has 1 saturated heterocycles. The second kappa shape index (κ2) is 7.97. The van der Waals surface area contributed by atoms with Gasteiger partial charge in [-0.1, -0.05) is 18.7 Å². The maximum atomic E-state index is 5.40. The van der Waals surface area contributed by atoms with Gasteiger partial charge in [-0.3, -0.25) is 0 Å². The van der Waals surface area contributed by atoms with E-state index in [1.807, 2.05) is 18.0 Å². The fraction of sp³-hybridized carbons (Fsp3) is 0.692. The van der Waals surface area contributed by atoms with E-state index < -0.39 is 0 Å². The summed E-state index contributed by atoms with van der Waals surface area (Å²) in [6.07, 6.45) is 5.34. The monoisotopic (exact) mass is 299 g/mol. The van der Waals surface area contributed by atoms with Gasteiger partial charge in [0.1, 0.15) is 10.8 Å². The van der Waals surface area contributed by atoms with Crippen molar-refractivity contribution in [2.75, 3.05) is 31.3 Å². The molecule has 0 unspecified atom stereocenters. The highest BCUT2D eigenvalue weighted by Gasteiger charge is 2.16. The highest BCUT2D eigenvalue weighted by molar-refractivity contribution is 8.00. The number of thioether (sulfide) groups is 2. The first-order valence-corrected chi connectivity index (χ1v) is 8.83. The zero-order valence-corrected chi connectivity index (χ0v) is 13.1. The van der Waals surface area contributed by atoms with Crippen LogP contribution in [0.5, 0.6) is 0 Å². The summed E-state index contributed by atoms with van der Waals surface area (Å²) in [4.78, 5) is 9.07. The molecule has 0 spiro atoms. The van der Waals surface area contributed by atoms with Gasteiger partial charge in [-0.2, -0.15) is 0 Å². The minimum atomic E-state index is 0.623. The lowest BCUT2D eigenvalue weighted by atomic mass is 10.2. The van der Waals surface area contributed by atoms with E-state index in [0.29, 0.717) is 5.25 Å². The largest absolute Gasteiger partial charge is 0.381 e. The van der Waals surface area contributed by atoms with Crippen molar-refractivity contribution < 1.29 is 4.74 Å². The molecule has 2 rings (SSSR count). The molecule has 2 heterocycles. The number of nitrogens with one attached hydrogen (secondary N) is 1. The predicted octanol–water partition coefficient (Wildman–Crippen LogP) is 3.29. The number of rotatable bonds is 6. The number of anilines is 1. The van der Waals surface area contributed by atoms with Crippen molar-refractivity contribution in [1.82, 2.24) is 9.97 Å². The molecule has 1 aliphatic rings. The van der Waals surface area contributed by atoms with E-state index in [9.17, 15) is 0 Å². The van der Waals surface area contributed by atoms with Gasteiger partial charge in [0.25, 0.3) is 0 Å². The Hall–Kier alpha value is -0.460. The third-order valence-electron chi connectivity index (χ3n) is 2.88. The standard InChI is InChI=1S/C13H21N3OS2/c1-3-6-14-11-9-12(16-13(15-11)18-2)19-10-4-7-17-8-5-10/h9-10H,3-8H2,1-2H3,(H,14,15,16). The summed E-state index contributed by atoms with van der Waals surface area (Å²) in [5.41, 5.74) is 0. The highest BCUT2D eigenvalue weighted by Crippen LogP contribution is 2.30. The Kier molecular flexibility index (Phi) is 6.26. The minimum Gasteiger partial charge on any atom is -0.381 e. The second-order valence-corrected chi connectivity index (χ2v) is 6.53. The summed E-state index contributed by atoms with van der Waals surface area (Å²) in [6, 6.07) is 2.06. The van der Waals surface area contributed by atoms with Crippen LogP contribution >= 0.6 is 23.5 Å². The quantitative estimate of drug-likeness (QED) is 0.494. The third-order valence-corrected chi connectivity index (χ3v) is 4.68. The lowest BCUT2D eigenvalue weighted by molar-refractivity contribution is 0.1000. The maximum Gasteiger partial charge on any atom is 0.190 e. The molecule has 1 aromatic heterocycles. The van der Waals surface area contributed by atoms with E-state index in [-0.39, 0.29) is 0 Å². The predicted molar refractivity (Wildman–Crippen MR) is 82.3 cm³/mol. The Morgan fingerprint density at radius 3 is 2.84 bits per heavy atom. The van der Waals surface area contributed by atoms with Crippen molar-refractivity contribution in [1.29, 1.82) is 0 Å². The molecule has 1 N–H and O–H groups in total. The average molecular weight is 299 g/mol. The van der Waals surface area contributed by atoms with Crippen molar-refractivity contribution in [3.05, 3.63) is 6.07 Å². The topological polar surface area (TPSA) is 47.0 Å². The zero-order chi connectivity index (χ0) is 13.5. The first-order chi connectivity index (χ1) is 9.31. The van der Waals surface area contributed by atoms with Crippen molar-refractivity contribution in [2.24, 2.45) is 0 Å². The molecule has 1 aromatic rings. The Bertz CT molecular complexity index is 397. The van der Waals surface area contributed by atoms with E-state index in [1.165, 1.54) is 0 Å². The van der Waals surface area contributed by atoms with Crippen LogP contribution in [-0.2, 0) is 4.74 Å². The van der Waals surface area contributed by atoms with Gasteiger partial charge in [0.15, 0.2) is 5.16 Å². The van der Waals surface area contributed by atoms with Crippen LogP contribution in [0.4, 0.5) is 5.82 Å². The number of aromatic nitrogens is 2. The van der Waals surface area contributed by atoms with Gasteiger partial charge in [-0.15, -0.1) is 11.8 Å². The van der Waals surface area contributed by atoms with Gasteiger partial charge < -0.3 is 10.1 Å². The van der Waals surface area contributed by atoms with Gasteiger partial charge >= 0.3 is 0 Å². The van der Waals surface area contributed by atoms with Gasteiger partial charge in [-0.05, 0) is 25.5 Å². The lowest BCUT2D eigenvalue weighted by Crippen LogP contribution is -2.17. The normalized spacial score (nSPS) is 16.5. The zero-order valence-electron chi connectivity index (χ0n) is 11.5. The molecular weight excluding hydrogens is 278 g/mol. The first-order valence-electron chi connectivity index (χ1n) is 6.73. The molecule has 1 aliphatic heterocycles. The van der Waals surface area contributed by atoms with Crippen LogP contribution in [0.2, 0.25) is 0 Å². The lowest BCUT2D eigenvalue weighted by Gasteiger charge is -2.21. The van der Waals surface area contributed by atoms with Crippen LogP contribution in [0.1, 0.15) is 26.2 Å². The van der Waals surface area contributed by atoms with Crippen molar-refractivity contribution in [2.45, 2.75) is 41.6 Å². The van der Waals surface area contributed by atoms with Gasteiger partial charge in [0.05, 0.1) is 0 Å². The summed E-state index contributed by atoms with van der Waals surface area (Å²) >= 11 is 3.45. The summed E-state index contributed by atoms with van der Waals surface area (Å²) in [7, 11) is 0. The summed E-state index contributed by atoms with van der Waals surface area (Å²) in [5, 5.41) is 5.88. The van der Waals surface area contributed by atoms with Crippen LogP contribution < -0.4 is 5.32 Å². The fourth-order valence-electron chi connectivity index (χ4n) is 1.86. The van der Waals surface area contributed by atoms with Crippen LogP contribution in [0.15, 0.2) is 16.2 Å². The van der Waals surface area contributed by atoms with E-state index in [0.717, 1.165) is 55.0 Å². The Morgan fingerprint density at radius 1 is 1.37 bits per heavy atom. The fourth-order valence-corrected chi connectivity index (χ4v) is 3.39. The molecule has 1 fully saturated rings. The van der Waals surface area contributed by atoms with Crippen molar-refractivity contribution >= 4 is 29.3 Å². The van der Waals surface area contributed by atoms with E-state index in [4.69, 9.17) is 4.74 Å². The van der Waals surface area contributed by atoms with Crippen molar-refractivity contribution in [3.8, 4) is 0 Å². The summed E-state index contributed by atoms with van der Waals surface area (Å²) in [6.45, 7) is 4.85. The molecule has 0 bridgehead atoms. The molecule has 106 valence electrons. The number of nitrogens with zero attached hydrogens (tertiary/aromatic N) is 2. The van der Waals surface area contributed by atoms with Crippen molar-refractivity contribution in [3.63, 3.8) is 0 Å². The van der Waals surface area contributed by atoms with Gasteiger partial charge in [-0.25, -0.2) is 9.97 Å². The van der Waals surface area contributed by atoms with E-state index in [2.05, 4.69) is 28.3 Å². The second-order valence-electron chi connectivity index (χ2n) is 4.43. The van der Waals surface area contributed by atoms with Gasteiger partial charge in [0, 0.05) is 31.1 Å². The Labute approximate surface area is 123 Å². The first kappa shape index (κ1) is 14.9. The molecule has 19 heavy (non-hydrogen) atoms. The Balaban J connectivity index is 2.04. The molecule has 4 nitrogen and oxygen atoms in total. The molecule has 0 amide bonds. The van der Waals surface area contributed by atoms with Crippen LogP contribution in [0.25, 0.3) is 0 Å². The van der Waals surface area contributed by atoms with E-state index in [1.54, 1.807) is 11.8 Å². The molecule has 6 heteroatoms. The molecule has 0 aliphatic carbocycles. The van der Waals surface area contributed by atoms with Crippen LogP contribution in [-0.4, -0.2) is 41.2 Å². The smallest absolute Gasteiger partial charge is 0.190 e. The third kappa shape index (κ3) is 4.85. The average Bonchev–Trinajstić information content (AvgIpc) is 2.46. The molecule has 0 radical (unpaired) electrons. The van der Waals surface area contributed by atoms with Crippen LogP contribution in [0.3, 0.4) is 0 Å². The molecule has 0 aromatic carbocycles.